The van der Waals surface area contributed by atoms with Crippen LogP contribution >= 0.6 is 12.2 Å². The lowest BCUT2D eigenvalue weighted by atomic mass is 10.0. The number of Topliss-reactive ketones (excluding diaryl/α,β-unsaturated/α-hetero) is 1. The molecule has 0 spiro atoms. The summed E-state index contributed by atoms with van der Waals surface area (Å²) in [5.74, 6) is -0.378. The van der Waals surface area contributed by atoms with Crippen LogP contribution in [0.5, 0.6) is 17.4 Å². The maximum Gasteiger partial charge on any atom is 0.397 e. The SMILES string of the molecule is O=C(Cc1c(O)n(-c2ccc(Oc3ccccc3)cc2)c(=S)[nH]c1=O)C[C@@H](OS(=O)(=O)O)[C@H](O)CO. The van der Waals surface area contributed by atoms with Crippen LogP contribution in [0.4, 0.5) is 0 Å². The number of nitrogens with one attached hydrogen (secondary N) is 1. The van der Waals surface area contributed by atoms with Gasteiger partial charge in [0.25, 0.3) is 5.56 Å². The van der Waals surface area contributed by atoms with E-state index in [0.29, 0.717) is 17.2 Å². The van der Waals surface area contributed by atoms with Crippen molar-refractivity contribution in [1.82, 2.24) is 9.55 Å². The summed E-state index contributed by atoms with van der Waals surface area (Å²) in [4.78, 5) is 27.3. The van der Waals surface area contributed by atoms with Crippen molar-refractivity contribution in [3.8, 4) is 23.1 Å². The first-order valence-corrected chi connectivity index (χ1v) is 12.1. The van der Waals surface area contributed by atoms with Gasteiger partial charge < -0.3 is 20.1 Å². The number of carbonyl (C=O) groups is 1. The Morgan fingerprint density at radius 2 is 1.69 bits per heavy atom. The minimum absolute atomic E-state index is 0.159. The Labute approximate surface area is 210 Å². The maximum atomic E-state index is 12.5. The van der Waals surface area contributed by atoms with Crippen LogP contribution in [-0.2, 0) is 25.8 Å². The van der Waals surface area contributed by atoms with Gasteiger partial charge in [-0.1, -0.05) is 18.2 Å². The van der Waals surface area contributed by atoms with Gasteiger partial charge >= 0.3 is 10.4 Å². The number of aromatic amines is 1. The van der Waals surface area contributed by atoms with E-state index >= 15 is 0 Å². The quantitative estimate of drug-likeness (QED) is 0.175. The van der Waals surface area contributed by atoms with Crippen molar-refractivity contribution in [3.63, 3.8) is 0 Å². The van der Waals surface area contributed by atoms with E-state index in [1.165, 1.54) is 0 Å². The van der Waals surface area contributed by atoms with Crippen LogP contribution in [-0.4, -0.2) is 62.4 Å². The number of ketones is 1. The lowest BCUT2D eigenvalue weighted by Gasteiger charge is -2.19. The predicted molar refractivity (Wildman–Crippen MR) is 128 cm³/mol. The number of aliphatic hydroxyl groups excluding tert-OH is 2. The van der Waals surface area contributed by atoms with Crippen LogP contribution in [0.15, 0.2) is 59.4 Å². The molecule has 0 aliphatic rings. The van der Waals surface area contributed by atoms with Gasteiger partial charge in [0.1, 0.15) is 29.5 Å². The van der Waals surface area contributed by atoms with Crippen molar-refractivity contribution >= 4 is 28.4 Å². The molecule has 0 aliphatic carbocycles. The molecule has 0 radical (unpaired) electrons. The second-order valence-electron chi connectivity index (χ2n) is 7.54. The number of aromatic nitrogens is 2. The summed E-state index contributed by atoms with van der Waals surface area (Å²) < 4.78 is 41.7. The summed E-state index contributed by atoms with van der Waals surface area (Å²) in [7, 11) is -5.05. The molecular formula is C22H22N2O10S2. The van der Waals surface area contributed by atoms with E-state index < -0.39 is 59.3 Å². The highest BCUT2D eigenvalue weighted by Gasteiger charge is 2.28. The Morgan fingerprint density at radius 1 is 1.08 bits per heavy atom. The number of carbonyl (C=O) groups excluding carboxylic acids is 1. The maximum absolute atomic E-state index is 12.5. The predicted octanol–water partition coefficient (Wildman–Crippen LogP) is 1.44. The normalized spacial score (nSPS) is 13.2. The van der Waals surface area contributed by atoms with Gasteiger partial charge in [0.2, 0.25) is 5.88 Å². The average molecular weight is 539 g/mol. The van der Waals surface area contributed by atoms with Crippen molar-refractivity contribution in [2.75, 3.05) is 6.61 Å². The molecule has 0 aliphatic heterocycles. The van der Waals surface area contributed by atoms with Crippen LogP contribution in [0.1, 0.15) is 12.0 Å². The Bertz CT molecular complexity index is 1430. The summed E-state index contributed by atoms with van der Waals surface area (Å²) >= 11 is 5.16. The Balaban J connectivity index is 1.86. The molecule has 192 valence electrons. The minimum Gasteiger partial charge on any atom is -0.494 e. The second-order valence-corrected chi connectivity index (χ2v) is 8.97. The largest absolute Gasteiger partial charge is 0.494 e. The number of aromatic hydroxyl groups is 1. The molecule has 0 fully saturated rings. The molecule has 2 aromatic carbocycles. The number of hydrogen-bond acceptors (Lipinski definition) is 10. The van der Waals surface area contributed by atoms with Crippen molar-refractivity contribution in [2.24, 2.45) is 0 Å². The van der Waals surface area contributed by atoms with E-state index in [4.69, 9.17) is 26.6 Å². The number of para-hydroxylation sites is 1. The fourth-order valence-electron chi connectivity index (χ4n) is 3.25. The van der Waals surface area contributed by atoms with E-state index in [9.17, 15) is 28.2 Å². The summed E-state index contributed by atoms with van der Waals surface area (Å²) in [6, 6.07) is 15.3. The van der Waals surface area contributed by atoms with E-state index in [1.807, 2.05) is 18.2 Å². The lowest BCUT2D eigenvalue weighted by Crippen LogP contribution is -2.36. The second kappa shape index (κ2) is 11.6. The third kappa shape index (κ3) is 7.07. The standard InChI is InChI=1S/C22H22N2O10S2/c25-12-18(27)19(34-36(30,31)32)11-14(26)10-17-20(28)23-22(35)24(21(17)29)13-6-8-16(9-7-13)33-15-4-2-1-3-5-15/h1-9,18-19,25,27,29H,10-12H2,(H,23,28,35)(H,30,31,32)/t18-,19-/m1/s1. The number of aliphatic hydroxyl groups is 2. The molecule has 12 nitrogen and oxygen atoms in total. The van der Waals surface area contributed by atoms with Crippen LogP contribution in [0, 0.1) is 4.77 Å². The molecule has 14 heteroatoms. The molecule has 0 saturated heterocycles. The third-order valence-corrected chi connectivity index (χ3v) is 5.69. The van der Waals surface area contributed by atoms with Gasteiger partial charge in [0, 0.05) is 12.8 Å². The smallest absolute Gasteiger partial charge is 0.397 e. The van der Waals surface area contributed by atoms with Gasteiger partial charge in [0.15, 0.2) is 4.77 Å². The summed E-state index contributed by atoms with van der Waals surface area (Å²) in [5.41, 5.74) is -0.908. The van der Waals surface area contributed by atoms with Gasteiger partial charge in [-0.2, -0.15) is 8.42 Å². The topological polar surface area (TPSA) is 188 Å². The van der Waals surface area contributed by atoms with Gasteiger partial charge in [0.05, 0.1) is 17.9 Å². The molecular weight excluding hydrogens is 516 g/mol. The molecule has 36 heavy (non-hydrogen) atoms. The number of hydrogen-bond donors (Lipinski definition) is 5. The Hall–Kier alpha value is -3.40. The zero-order chi connectivity index (χ0) is 26.5. The lowest BCUT2D eigenvalue weighted by molar-refractivity contribution is -0.122. The van der Waals surface area contributed by atoms with Crippen molar-refractivity contribution in [1.29, 1.82) is 0 Å². The summed E-state index contributed by atoms with van der Waals surface area (Å²) in [6.45, 7) is -0.964. The fourth-order valence-corrected chi connectivity index (χ4v) is 4.04. The number of H-pyrrole nitrogens is 1. The van der Waals surface area contributed by atoms with E-state index in [1.54, 1.807) is 36.4 Å². The van der Waals surface area contributed by atoms with Crippen LogP contribution in [0.2, 0.25) is 0 Å². The van der Waals surface area contributed by atoms with Gasteiger partial charge in [-0.3, -0.25) is 23.7 Å². The first-order chi connectivity index (χ1) is 17.0. The van der Waals surface area contributed by atoms with E-state index in [0.717, 1.165) is 4.57 Å². The molecule has 0 bridgehead atoms. The Kier molecular flexibility index (Phi) is 8.73. The van der Waals surface area contributed by atoms with E-state index in [2.05, 4.69) is 9.17 Å². The van der Waals surface area contributed by atoms with Crippen LogP contribution in [0.25, 0.3) is 5.69 Å². The molecule has 0 saturated carbocycles. The molecule has 3 aromatic rings. The van der Waals surface area contributed by atoms with Crippen molar-refractivity contribution in [2.45, 2.75) is 25.0 Å². The number of benzene rings is 2. The Morgan fingerprint density at radius 3 is 2.28 bits per heavy atom. The molecule has 0 unspecified atom stereocenters. The van der Waals surface area contributed by atoms with Crippen LogP contribution in [0.3, 0.4) is 0 Å². The zero-order valence-corrected chi connectivity index (χ0v) is 20.1. The average Bonchev–Trinajstić information content (AvgIpc) is 2.81. The van der Waals surface area contributed by atoms with Crippen molar-refractivity contribution in [3.05, 3.63) is 75.3 Å². The molecule has 1 heterocycles. The third-order valence-electron chi connectivity index (χ3n) is 4.92. The summed E-state index contributed by atoms with van der Waals surface area (Å²) in [5, 5.41) is 29.5. The minimum atomic E-state index is -5.05. The first-order valence-electron chi connectivity index (χ1n) is 10.4. The highest BCUT2D eigenvalue weighted by molar-refractivity contribution is 7.80. The van der Waals surface area contributed by atoms with Gasteiger partial charge in [-0.15, -0.1) is 0 Å². The first kappa shape index (κ1) is 27.2. The molecule has 5 N–H and O–H groups in total. The number of rotatable bonds is 11. The molecule has 0 amide bonds. The highest BCUT2D eigenvalue weighted by Crippen LogP contribution is 2.25. The van der Waals surface area contributed by atoms with E-state index in [-0.39, 0.29) is 10.3 Å². The van der Waals surface area contributed by atoms with Gasteiger partial charge in [-0.25, -0.2) is 4.18 Å². The number of ether oxygens (including phenoxy) is 1. The molecule has 3 rings (SSSR count). The molecule has 2 atom stereocenters. The monoisotopic (exact) mass is 538 g/mol. The fraction of sp³-hybridized carbons (Fsp3) is 0.227. The molecule has 1 aromatic heterocycles. The summed E-state index contributed by atoms with van der Waals surface area (Å²) in [6.07, 6.45) is -5.14. The number of nitrogens with zero attached hydrogens (tertiary/aromatic N) is 1. The van der Waals surface area contributed by atoms with Gasteiger partial charge in [-0.05, 0) is 48.6 Å². The van der Waals surface area contributed by atoms with Crippen molar-refractivity contribution < 1.29 is 42.0 Å². The van der Waals surface area contributed by atoms with Crippen LogP contribution < -0.4 is 10.3 Å². The highest BCUT2D eigenvalue weighted by atomic mass is 32.3. The zero-order valence-electron chi connectivity index (χ0n) is 18.5.